The van der Waals surface area contributed by atoms with Gasteiger partial charge in [-0.25, -0.2) is 0 Å². The second-order valence-electron chi connectivity index (χ2n) is 13.2. The molecule has 1 aliphatic heterocycles. The number of carbonyl (C=O) groups is 6. The van der Waals surface area contributed by atoms with Gasteiger partial charge in [-0.05, 0) is 86.2 Å². The van der Waals surface area contributed by atoms with Gasteiger partial charge in [0.25, 0.3) is 0 Å². The minimum atomic E-state index is -0.914. The molecule has 1 saturated heterocycles. The van der Waals surface area contributed by atoms with Crippen molar-refractivity contribution >= 4 is 35.5 Å². The van der Waals surface area contributed by atoms with Gasteiger partial charge in [-0.3, -0.25) is 33.7 Å². The summed E-state index contributed by atoms with van der Waals surface area (Å²) < 4.78 is 5.36. The van der Waals surface area contributed by atoms with Crippen LogP contribution in [0.2, 0.25) is 0 Å². The van der Waals surface area contributed by atoms with Crippen LogP contribution in [0.4, 0.5) is 0 Å². The molecule has 18 nitrogen and oxygen atoms in total. The number of likely N-dealkylation sites (N-methyl/N-ethyl adjacent to an activating group) is 1. The van der Waals surface area contributed by atoms with Crippen molar-refractivity contribution in [3.63, 3.8) is 0 Å². The van der Waals surface area contributed by atoms with Crippen molar-refractivity contribution in [2.75, 3.05) is 53.6 Å². The van der Waals surface area contributed by atoms with Crippen molar-refractivity contribution in [3.8, 4) is 0 Å². The van der Waals surface area contributed by atoms with Crippen LogP contribution in [0.3, 0.4) is 0 Å². The van der Waals surface area contributed by atoms with E-state index in [9.17, 15) is 44.4 Å². The van der Waals surface area contributed by atoms with Crippen LogP contribution in [0.15, 0.2) is 34.9 Å². The molecule has 0 saturated carbocycles. The first kappa shape index (κ1) is 50.3. The standard InChI is InChI=1S/C35H55N6O12.Fe/c1-24(12-18-42)21-30(44)39(50)15-6-9-27-33(47)37-28(34(48)36-27)10-7-16-40(51)32(46)23-26(3)14-20-53-35(49)29(38(4)5)11-8-17-41(52)31(45)22-25(2)13-19-43;/h21-23,27-29,42-43H,6-20H2,1-5H3,(H,36,48)(H,37,47);/q-3;+3. The SMILES string of the molecule is CC(=CC(=O)N([O-])CCCC1NC(=O)C(CCCN([O-])C(=O)C=C(C)CCOC(=O)C(CCCN([O-])C(=O)C=C(C)CCO)N(C)C)NC1=O)CCO.[Fe+3]. The van der Waals surface area contributed by atoms with Crippen molar-refractivity contribution in [2.24, 2.45) is 0 Å². The number of nitrogens with one attached hydrogen (secondary N) is 2. The fourth-order valence-electron chi connectivity index (χ4n) is 5.13. The van der Waals surface area contributed by atoms with E-state index in [-0.39, 0.29) is 124 Å². The van der Waals surface area contributed by atoms with E-state index in [2.05, 4.69) is 10.6 Å². The Balaban J connectivity index is 0.0000281. The van der Waals surface area contributed by atoms with E-state index in [0.29, 0.717) is 21.8 Å². The summed E-state index contributed by atoms with van der Waals surface area (Å²) in [5.74, 6) is -3.83. The Morgan fingerprint density at radius 2 is 1.07 bits per heavy atom. The first-order valence-corrected chi connectivity index (χ1v) is 17.6. The molecular formula is C35H55FeN6O12. The Labute approximate surface area is 327 Å². The van der Waals surface area contributed by atoms with Gasteiger partial charge in [0.15, 0.2) is 0 Å². The third-order valence-electron chi connectivity index (χ3n) is 8.31. The van der Waals surface area contributed by atoms with Crippen LogP contribution in [0.5, 0.6) is 0 Å². The van der Waals surface area contributed by atoms with Gasteiger partial charge in [0.05, 0.1) is 6.61 Å². The van der Waals surface area contributed by atoms with Crippen LogP contribution in [0, 0.1) is 15.6 Å². The van der Waals surface area contributed by atoms with Crippen LogP contribution in [0.1, 0.15) is 78.6 Å². The van der Waals surface area contributed by atoms with E-state index in [1.54, 1.807) is 39.8 Å². The zero-order valence-corrected chi connectivity index (χ0v) is 32.8. The average Bonchev–Trinajstić information content (AvgIpc) is 3.08. The second-order valence-corrected chi connectivity index (χ2v) is 13.2. The van der Waals surface area contributed by atoms with E-state index in [4.69, 9.17) is 14.9 Å². The molecule has 3 unspecified atom stereocenters. The molecule has 1 fully saturated rings. The predicted molar refractivity (Wildman–Crippen MR) is 195 cm³/mol. The van der Waals surface area contributed by atoms with Crippen molar-refractivity contribution in [1.82, 2.24) is 30.7 Å². The molecule has 4 N–H and O–H groups in total. The number of ether oxygens (including phenoxy) is 1. The van der Waals surface area contributed by atoms with Crippen LogP contribution >= 0.6 is 0 Å². The number of aliphatic hydroxyl groups excluding tert-OH is 2. The van der Waals surface area contributed by atoms with E-state index in [0.717, 1.165) is 12.2 Å². The Bertz CT molecular complexity index is 1340. The average molecular weight is 808 g/mol. The molecule has 0 aromatic carbocycles. The number of hydrogen-bond donors (Lipinski definition) is 4. The normalized spacial score (nSPS) is 16.9. The number of esters is 1. The second kappa shape index (κ2) is 27.0. The van der Waals surface area contributed by atoms with Gasteiger partial charge in [0.2, 0.25) is 29.5 Å². The quantitative estimate of drug-likeness (QED) is 0.0455. The van der Waals surface area contributed by atoms with Gasteiger partial charge < -0.3 is 56.4 Å². The molecule has 54 heavy (non-hydrogen) atoms. The zero-order valence-electron chi connectivity index (χ0n) is 31.7. The summed E-state index contributed by atoms with van der Waals surface area (Å²) in [5.41, 5.74) is 1.62. The van der Waals surface area contributed by atoms with Crippen molar-refractivity contribution < 1.29 is 60.8 Å². The summed E-state index contributed by atoms with van der Waals surface area (Å²) in [6.45, 7) is 3.96. The number of hydrogen-bond acceptors (Lipinski definition) is 13. The Morgan fingerprint density at radius 3 is 1.44 bits per heavy atom. The number of amides is 5. The Kier molecular flexibility index (Phi) is 25.1. The predicted octanol–water partition coefficient (Wildman–Crippen LogP) is 0.754. The number of hydroxylamine groups is 6. The number of aliphatic hydroxyl groups is 2. The summed E-state index contributed by atoms with van der Waals surface area (Å²) in [4.78, 5) is 75.7. The smallest absolute Gasteiger partial charge is 0.756 e. The summed E-state index contributed by atoms with van der Waals surface area (Å²) in [7, 11) is 3.34. The van der Waals surface area contributed by atoms with Crippen LogP contribution < -0.4 is 10.6 Å². The van der Waals surface area contributed by atoms with Gasteiger partial charge in [-0.15, -0.1) is 0 Å². The number of nitrogens with zero attached hydrogens (tertiary/aromatic N) is 4. The summed E-state index contributed by atoms with van der Waals surface area (Å²) >= 11 is 0. The molecular weight excluding hydrogens is 752 g/mol. The molecule has 5 amide bonds. The van der Waals surface area contributed by atoms with Crippen molar-refractivity contribution in [3.05, 3.63) is 50.6 Å². The maximum Gasteiger partial charge on any atom is 3.00 e. The summed E-state index contributed by atoms with van der Waals surface area (Å²) in [6.07, 6.45) is 5.14. The fourth-order valence-corrected chi connectivity index (χ4v) is 5.13. The van der Waals surface area contributed by atoms with Crippen molar-refractivity contribution in [1.29, 1.82) is 0 Å². The third-order valence-corrected chi connectivity index (χ3v) is 8.31. The molecule has 1 rings (SSSR count). The zero-order chi connectivity index (χ0) is 40.1. The van der Waals surface area contributed by atoms with Crippen molar-refractivity contribution in [2.45, 2.75) is 96.7 Å². The third kappa shape index (κ3) is 19.6. The van der Waals surface area contributed by atoms with Crippen LogP contribution in [-0.2, 0) is 50.6 Å². The first-order valence-electron chi connectivity index (χ1n) is 17.6. The Hall–Kier alpha value is -3.68. The van der Waals surface area contributed by atoms with Crippen LogP contribution in [-0.4, -0.2) is 137 Å². The molecule has 1 radical (unpaired) electrons. The van der Waals surface area contributed by atoms with E-state index in [1.807, 2.05) is 0 Å². The molecule has 0 bridgehead atoms. The van der Waals surface area contributed by atoms with E-state index >= 15 is 0 Å². The first-order chi connectivity index (χ1) is 25.0. The molecule has 1 heterocycles. The Morgan fingerprint density at radius 1 is 0.704 bits per heavy atom. The van der Waals surface area contributed by atoms with Gasteiger partial charge in [0.1, 0.15) is 18.1 Å². The maximum atomic E-state index is 12.7. The summed E-state index contributed by atoms with van der Waals surface area (Å²) in [5, 5.41) is 60.2. The number of carbonyl (C=O) groups excluding carboxylic acids is 6. The monoisotopic (exact) mass is 807 g/mol. The number of piperazine rings is 1. The molecule has 1 aliphatic rings. The molecule has 0 spiro atoms. The molecule has 19 heteroatoms. The molecule has 0 aromatic rings. The molecule has 0 aliphatic carbocycles. The molecule has 3 atom stereocenters. The minimum Gasteiger partial charge on any atom is -0.756 e. The fraction of sp³-hybridized carbons (Fsp3) is 0.657. The summed E-state index contributed by atoms with van der Waals surface area (Å²) in [6, 6.07) is -2.49. The maximum absolute atomic E-state index is 12.7. The molecule has 305 valence electrons. The van der Waals surface area contributed by atoms with E-state index in [1.165, 1.54) is 6.08 Å². The van der Waals surface area contributed by atoms with E-state index < -0.39 is 53.6 Å². The minimum absolute atomic E-state index is 0. The largest absolute Gasteiger partial charge is 3.00 e. The van der Waals surface area contributed by atoms with Gasteiger partial charge in [0, 0.05) is 57.5 Å². The van der Waals surface area contributed by atoms with Gasteiger partial charge in [-0.2, -0.15) is 0 Å². The van der Waals surface area contributed by atoms with Gasteiger partial charge >= 0.3 is 23.0 Å². The van der Waals surface area contributed by atoms with Gasteiger partial charge in [-0.1, -0.05) is 16.7 Å². The number of rotatable bonds is 24. The topological polar surface area (TPSA) is 258 Å². The van der Waals surface area contributed by atoms with Crippen LogP contribution in [0.25, 0.3) is 0 Å². The molecule has 0 aromatic heterocycles.